The highest BCUT2D eigenvalue weighted by Gasteiger charge is 2.29. The molecular formula is C23H27N5O. The quantitative estimate of drug-likeness (QED) is 0.683. The zero-order valence-corrected chi connectivity index (χ0v) is 17.1. The minimum absolute atomic E-state index is 0.0504. The van der Waals surface area contributed by atoms with Crippen LogP contribution in [0.25, 0.3) is 11.0 Å². The third-order valence-electron chi connectivity index (χ3n) is 6.16. The summed E-state index contributed by atoms with van der Waals surface area (Å²) in [6, 6.07) is 8.10. The van der Waals surface area contributed by atoms with Gasteiger partial charge in [0.1, 0.15) is 5.49 Å². The zero-order valence-electron chi connectivity index (χ0n) is 17.1. The molecule has 2 aliphatic rings. The summed E-state index contributed by atoms with van der Waals surface area (Å²) < 4.78 is 3.49. The van der Waals surface area contributed by atoms with Gasteiger partial charge >= 0.3 is 0 Å². The van der Waals surface area contributed by atoms with Gasteiger partial charge in [-0.2, -0.15) is 5.10 Å². The van der Waals surface area contributed by atoms with Crippen LogP contribution in [0.3, 0.4) is 0 Å². The summed E-state index contributed by atoms with van der Waals surface area (Å²) in [6.45, 7) is 1.95. The number of rotatable bonds is 3. The first-order valence-corrected chi connectivity index (χ1v) is 10.7. The molecule has 6 heteroatoms. The molecule has 0 N–H and O–H groups in total. The van der Waals surface area contributed by atoms with Crippen LogP contribution in [0.15, 0.2) is 35.5 Å². The first-order chi connectivity index (χ1) is 14.1. The van der Waals surface area contributed by atoms with Crippen molar-refractivity contribution in [1.82, 2.24) is 19.3 Å². The summed E-state index contributed by atoms with van der Waals surface area (Å²) in [5, 5.41) is 5.38. The molecule has 3 heterocycles. The van der Waals surface area contributed by atoms with Gasteiger partial charge < -0.3 is 0 Å². The molecule has 150 valence electrons. The van der Waals surface area contributed by atoms with E-state index in [0.717, 1.165) is 53.6 Å². The fourth-order valence-electron chi connectivity index (χ4n) is 4.46. The molecule has 0 aromatic carbocycles. The van der Waals surface area contributed by atoms with Crippen molar-refractivity contribution >= 4 is 16.9 Å². The van der Waals surface area contributed by atoms with E-state index in [4.69, 9.17) is 9.98 Å². The number of carbonyl (C=O) groups is 1. The first-order valence-electron chi connectivity index (χ1n) is 10.7. The monoisotopic (exact) mass is 389 g/mol. The lowest BCUT2D eigenvalue weighted by molar-refractivity contribution is 0.0956. The van der Waals surface area contributed by atoms with Crippen LogP contribution in [0.2, 0.25) is 0 Å². The molecule has 2 saturated carbocycles. The number of carbonyl (C=O) groups excluding carboxylic acids is 1. The molecule has 29 heavy (non-hydrogen) atoms. The van der Waals surface area contributed by atoms with Crippen LogP contribution >= 0.6 is 0 Å². The van der Waals surface area contributed by atoms with E-state index in [1.165, 1.54) is 19.3 Å². The van der Waals surface area contributed by atoms with Crippen molar-refractivity contribution in [1.29, 1.82) is 0 Å². The predicted molar refractivity (Wildman–Crippen MR) is 112 cm³/mol. The van der Waals surface area contributed by atoms with Crippen LogP contribution in [0.5, 0.6) is 0 Å². The van der Waals surface area contributed by atoms with Crippen molar-refractivity contribution in [2.45, 2.75) is 63.8 Å². The van der Waals surface area contributed by atoms with Crippen LogP contribution in [-0.4, -0.2) is 31.3 Å². The number of pyridine rings is 2. The number of aromatic nitrogens is 4. The van der Waals surface area contributed by atoms with Crippen LogP contribution in [0, 0.1) is 6.92 Å². The molecule has 2 aliphatic carbocycles. The molecule has 0 bridgehead atoms. The molecule has 0 amide bonds. The van der Waals surface area contributed by atoms with E-state index >= 15 is 0 Å². The highest BCUT2D eigenvalue weighted by atomic mass is 16.2. The Kier molecular flexibility index (Phi) is 4.57. The van der Waals surface area contributed by atoms with E-state index in [-0.39, 0.29) is 5.91 Å². The van der Waals surface area contributed by atoms with Gasteiger partial charge in [0, 0.05) is 24.9 Å². The van der Waals surface area contributed by atoms with E-state index in [0.29, 0.717) is 17.5 Å². The summed E-state index contributed by atoms with van der Waals surface area (Å²) in [7, 11) is 1.90. The van der Waals surface area contributed by atoms with Crippen molar-refractivity contribution in [2.24, 2.45) is 12.0 Å². The van der Waals surface area contributed by atoms with Crippen molar-refractivity contribution in [3.05, 3.63) is 52.9 Å². The Balaban J connectivity index is 1.65. The Morgan fingerprint density at radius 1 is 1.14 bits per heavy atom. The second-order valence-corrected chi connectivity index (χ2v) is 8.43. The second-order valence-electron chi connectivity index (χ2n) is 8.43. The third-order valence-corrected chi connectivity index (χ3v) is 6.16. The molecule has 0 aliphatic heterocycles. The Labute approximate surface area is 170 Å². The molecule has 3 aromatic heterocycles. The van der Waals surface area contributed by atoms with Crippen LogP contribution < -0.4 is 5.49 Å². The van der Waals surface area contributed by atoms with Crippen molar-refractivity contribution < 1.29 is 4.79 Å². The highest BCUT2D eigenvalue weighted by Crippen LogP contribution is 2.40. The van der Waals surface area contributed by atoms with E-state index in [9.17, 15) is 4.79 Å². The first kappa shape index (κ1) is 18.3. The largest absolute Gasteiger partial charge is 0.268 e. The lowest BCUT2D eigenvalue weighted by Crippen LogP contribution is -2.29. The van der Waals surface area contributed by atoms with Gasteiger partial charge in [-0.05, 0) is 50.8 Å². The molecule has 0 saturated heterocycles. The van der Waals surface area contributed by atoms with Gasteiger partial charge in [-0.15, -0.1) is 0 Å². The number of nitrogens with zero attached hydrogens (tertiary/aromatic N) is 5. The van der Waals surface area contributed by atoms with Crippen LogP contribution in [0.1, 0.15) is 72.6 Å². The molecule has 2 fully saturated rings. The van der Waals surface area contributed by atoms with Crippen molar-refractivity contribution in [3.63, 3.8) is 0 Å². The van der Waals surface area contributed by atoms with Gasteiger partial charge in [-0.1, -0.05) is 25.3 Å². The maximum Gasteiger partial charge on any atom is 0.264 e. The summed E-state index contributed by atoms with van der Waals surface area (Å²) in [5.41, 5.74) is 4.05. The minimum Gasteiger partial charge on any atom is -0.268 e. The highest BCUT2D eigenvalue weighted by molar-refractivity contribution is 6.07. The van der Waals surface area contributed by atoms with Gasteiger partial charge in [-0.3, -0.25) is 19.0 Å². The standard InChI is InChI=1S/C23H27N5O/c1-15-21-18(14-19(16-11-12-16)25-22(21)27(2)26-15)23(29)28-13-7-6-10-20(28)24-17-8-4-3-5-9-17/h6-7,10,13-14,16-17H,3-5,8-9,11-12H2,1-2H3. The zero-order chi connectivity index (χ0) is 20.0. The van der Waals surface area contributed by atoms with Crippen molar-refractivity contribution in [3.8, 4) is 0 Å². The van der Waals surface area contributed by atoms with Crippen molar-refractivity contribution in [2.75, 3.05) is 0 Å². The fourth-order valence-corrected chi connectivity index (χ4v) is 4.46. The van der Waals surface area contributed by atoms with E-state index in [2.05, 4.69) is 5.10 Å². The lowest BCUT2D eigenvalue weighted by Gasteiger charge is -2.18. The summed E-state index contributed by atoms with van der Waals surface area (Å²) >= 11 is 0. The van der Waals surface area contributed by atoms with Gasteiger partial charge in [0.25, 0.3) is 5.91 Å². The summed E-state index contributed by atoms with van der Waals surface area (Å²) in [6.07, 6.45) is 10.1. The Morgan fingerprint density at radius 2 is 1.93 bits per heavy atom. The van der Waals surface area contributed by atoms with Crippen LogP contribution in [0.4, 0.5) is 0 Å². The Hall–Kier alpha value is -2.76. The molecule has 3 aromatic rings. The summed E-state index contributed by atoms with van der Waals surface area (Å²) in [4.78, 5) is 23.5. The number of hydrogen-bond acceptors (Lipinski definition) is 4. The molecule has 0 atom stereocenters. The number of aryl methyl sites for hydroxylation is 2. The van der Waals surface area contributed by atoms with Gasteiger partial charge in [0.2, 0.25) is 0 Å². The molecule has 6 nitrogen and oxygen atoms in total. The maximum absolute atomic E-state index is 13.7. The smallest absolute Gasteiger partial charge is 0.264 e. The third kappa shape index (κ3) is 3.41. The average molecular weight is 390 g/mol. The van der Waals surface area contributed by atoms with Crippen LogP contribution in [-0.2, 0) is 7.05 Å². The van der Waals surface area contributed by atoms with Gasteiger partial charge in [-0.25, -0.2) is 4.98 Å². The van der Waals surface area contributed by atoms with Gasteiger partial charge in [0.15, 0.2) is 5.65 Å². The number of fused-ring (bicyclic) bond motifs is 1. The van der Waals surface area contributed by atoms with Gasteiger partial charge in [0.05, 0.1) is 22.7 Å². The molecular weight excluding hydrogens is 362 g/mol. The Morgan fingerprint density at radius 3 is 2.69 bits per heavy atom. The van der Waals surface area contributed by atoms with E-state index in [1.807, 2.05) is 44.4 Å². The normalized spacial score (nSPS) is 18.5. The molecule has 0 spiro atoms. The Bertz CT molecular complexity index is 1150. The molecule has 5 rings (SSSR count). The second kappa shape index (κ2) is 7.25. The SMILES string of the molecule is Cc1nn(C)c2nc(C3CC3)cc(C(=O)n3ccccc3=NC3CCCCC3)c12. The van der Waals surface area contributed by atoms with E-state index < -0.39 is 0 Å². The fraction of sp³-hybridized carbons (Fsp3) is 0.478. The maximum atomic E-state index is 13.7. The molecule has 0 radical (unpaired) electrons. The molecule has 0 unspecified atom stereocenters. The predicted octanol–water partition coefficient (Wildman–Crippen LogP) is 3.88. The van der Waals surface area contributed by atoms with E-state index in [1.54, 1.807) is 9.25 Å². The minimum atomic E-state index is -0.0504. The lowest BCUT2D eigenvalue weighted by atomic mass is 9.96. The summed E-state index contributed by atoms with van der Waals surface area (Å²) in [5.74, 6) is 0.416. The number of hydrogen-bond donors (Lipinski definition) is 0. The average Bonchev–Trinajstić information content (AvgIpc) is 3.55. The topological polar surface area (TPSA) is 65.1 Å².